The van der Waals surface area contributed by atoms with Crippen molar-refractivity contribution in [3.8, 4) is 0 Å². The van der Waals surface area contributed by atoms with Crippen LogP contribution in [-0.4, -0.2) is 52.6 Å². The molecule has 0 bridgehead atoms. The van der Waals surface area contributed by atoms with Gasteiger partial charge in [0, 0.05) is 0 Å². The van der Waals surface area contributed by atoms with Crippen molar-refractivity contribution in [2.24, 2.45) is 5.73 Å². The first-order valence-electron chi connectivity index (χ1n) is 4.34. The molecule has 0 amide bonds. The number of hydrogen-bond acceptors (Lipinski definition) is 9. The quantitative estimate of drug-likeness (QED) is 0.292. The zero-order valence-corrected chi connectivity index (χ0v) is 14.9. The summed E-state index contributed by atoms with van der Waals surface area (Å²) in [6, 6.07) is -1.11. The van der Waals surface area contributed by atoms with E-state index in [1.54, 1.807) is 0 Å². The molecule has 0 spiro atoms. The zero-order chi connectivity index (χ0) is 12.5. The molecule has 0 aromatic carbocycles. The Bertz CT molecular complexity index is 289. The Morgan fingerprint density at radius 1 is 1.28 bits per heavy atom. The molecule has 1 heterocycles. The molecule has 18 heavy (non-hydrogen) atoms. The average molecular weight is 303 g/mol. The van der Waals surface area contributed by atoms with Crippen molar-refractivity contribution in [2.75, 3.05) is 6.61 Å². The first-order valence-corrected chi connectivity index (χ1v) is 5.81. The van der Waals surface area contributed by atoms with Crippen LogP contribution >= 0.6 is 7.82 Å². The van der Waals surface area contributed by atoms with Gasteiger partial charge in [-0.3, -0.25) is 0 Å². The summed E-state index contributed by atoms with van der Waals surface area (Å²) < 4.78 is 18.9. The predicted molar refractivity (Wildman–Crippen MR) is 44.4 cm³/mol. The standard InChI is InChI=1S/C6H14NO8P.2Na/c7-3-2(1-8)14-6(5(10)4(3)9)15-16(11,12)13;;/h2-6,8-10H,1,7H2,(H2,11,12,13);;/q;2*+1/p-2/t2-,3-,4+,5-,6-;;/m1../s1. The average Bonchev–Trinajstić information content (AvgIpc) is 2.17. The third-order valence-corrected chi connectivity index (χ3v) is 2.64. The molecular formula is C6H12NNa2O8P. The van der Waals surface area contributed by atoms with E-state index >= 15 is 0 Å². The largest absolute Gasteiger partial charge is 1.00 e. The summed E-state index contributed by atoms with van der Waals surface area (Å²) >= 11 is 0. The summed E-state index contributed by atoms with van der Waals surface area (Å²) in [5.74, 6) is 0. The van der Waals surface area contributed by atoms with Crippen LogP contribution in [0, 0.1) is 0 Å². The minimum atomic E-state index is -5.37. The second-order valence-electron chi connectivity index (χ2n) is 3.34. The molecule has 5 N–H and O–H groups in total. The Balaban J connectivity index is 0. The minimum Gasteiger partial charge on any atom is -0.790 e. The summed E-state index contributed by atoms with van der Waals surface area (Å²) in [5.41, 5.74) is 5.37. The third kappa shape index (κ3) is 6.13. The summed E-state index contributed by atoms with van der Waals surface area (Å²) in [6.07, 6.45) is -6.35. The predicted octanol–water partition coefficient (Wildman–Crippen LogP) is -10.4. The van der Waals surface area contributed by atoms with Gasteiger partial charge in [-0.2, -0.15) is 0 Å². The Kier molecular flexibility index (Phi) is 11.1. The number of phosphoric acid groups is 1. The van der Waals surface area contributed by atoms with Crippen LogP contribution in [-0.2, 0) is 13.8 Å². The van der Waals surface area contributed by atoms with Gasteiger partial charge in [-0.15, -0.1) is 0 Å². The summed E-state index contributed by atoms with van der Waals surface area (Å²) in [5, 5.41) is 27.5. The van der Waals surface area contributed by atoms with E-state index in [1.165, 1.54) is 0 Å². The third-order valence-electron chi connectivity index (χ3n) is 2.17. The first kappa shape index (κ1) is 22.2. The number of aliphatic hydroxyl groups excluding tert-OH is 3. The van der Waals surface area contributed by atoms with Crippen molar-refractivity contribution in [3.05, 3.63) is 0 Å². The van der Waals surface area contributed by atoms with Crippen LogP contribution in [0.5, 0.6) is 0 Å². The molecule has 0 aliphatic carbocycles. The van der Waals surface area contributed by atoms with E-state index in [4.69, 9.17) is 15.6 Å². The van der Waals surface area contributed by atoms with Gasteiger partial charge in [0.15, 0.2) is 6.29 Å². The van der Waals surface area contributed by atoms with Crippen molar-refractivity contribution >= 4 is 7.82 Å². The fourth-order valence-electron chi connectivity index (χ4n) is 1.33. The molecule has 12 heteroatoms. The monoisotopic (exact) mass is 303 g/mol. The maximum absolute atomic E-state index is 10.3. The van der Waals surface area contributed by atoms with E-state index in [0.29, 0.717) is 0 Å². The second-order valence-corrected chi connectivity index (χ2v) is 4.44. The van der Waals surface area contributed by atoms with Crippen molar-refractivity contribution in [1.82, 2.24) is 0 Å². The van der Waals surface area contributed by atoms with Crippen LogP contribution in [0.1, 0.15) is 0 Å². The van der Waals surface area contributed by atoms with E-state index in [0.717, 1.165) is 0 Å². The molecule has 0 unspecified atom stereocenters. The van der Waals surface area contributed by atoms with Gasteiger partial charge in [-0.05, 0) is 0 Å². The van der Waals surface area contributed by atoms with Crippen LogP contribution in [0.15, 0.2) is 0 Å². The van der Waals surface area contributed by atoms with Gasteiger partial charge in [-0.25, -0.2) is 0 Å². The number of phosphoric ester groups is 1. The van der Waals surface area contributed by atoms with E-state index in [2.05, 4.69) is 4.52 Å². The van der Waals surface area contributed by atoms with Gasteiger partial charge in [0.25, 0.3) is 0 Å². The Hall–Kier alpha value is 1.91. The summed E-state index contributed by atoms with van der Waals surface area (Å²) in [4.78, 5) is 20.6. The van der Waals surface area contributed by atoms with Gasteiger partial charge in [0.05, 0.1) is 20.5 Å². The van der Waals surface area contributed by atoms with Crippen LogP contribution in [0.25, 0.3) is 0 Å². The molecule has 1 aliphatic rings. The van der Waals surface area contributed by atoms with Crippen LogP contribution < -0.4 is 74.6 Å². The van der Waals surface area contributed by atoms with Gasteiger partial charge in [-0.1, -0.05) is 0 Å². The fraction of sp³-hybridized carbons (Fsp3) is 1.00. The smallest absolute Gasteiger partial charge is 0.790 e. The molecule has 0 saturated carbocycles. The van der Waals surface area contributed by atoms with E-state index in [1.807, 2.05) is 0 Å². The Morgan fingerprint density at radius 2 is 1.78 bits per heavy atom. The number of ether oxygens (including phenoxy) is 1. The van der Waals surface area contributed by atoms with Crippen molar-refractivity contribution in [2.45, 2.75) is 30.6 Å². The number of aliphatic hydroxyl groups is 3. The molecule has 1 rings (SSSR count). The molecule has 0 aromatic rings. The van der Waals surface area contributed by atoms with Crippen LogP contribution in [0.4, 0.5) is 0 Å². The molecule has 0 aromatic heterocycles. The van der Waals surface area contributed by atoms with E-state index in [9.17, 15) is 24.6 Å². The normalized spacial score (nSPS) is 36.4. The number of hydrogen-bond donors (Lipinski definition) is 4. The molecule has 5 atom stereocenters. The molecule has 1 aliphatic heterocycles. The Morgan fingerprint density at radius 3 is 2.17 bits per heavy atom. The molecule has 0 radical (unpaired) electrons. The fourth-order valence-corrected chi connectivity index (χ4v) is 1.76. The Labute approximate surface area is 147 Å². The van der Waals surface area contributed by atoms with Gasteiger partial charge < -0.3 is 44.7 Å². The molecule has 9 nitrogen and oxygen atoms in total. The number of nitrogens with two attached hydrogens (primary N) is 1. The molecule has 1 fully saturated rings. The zero-order valence-electron chi connectivity index (χ0n) is 10.0. The molecule has 1 saturated heterocycles. The first-order chi connectivity index (χ1) is 7.26. The maximum atomic E-state index is 10.3. The van der Waals surface area contributed by atoms with Crippen molar-refractivity contribution in [3.63, 3.8) is 0 Å². The number of rotatable bonds is 3. The van der Waals surface area contributed by atoms with Crippen LogP contribution in [0.2, 0.25) is 0 Å². The maximum Gasteiger partial charge on any atom is 1.00 e. The summed E-state index contributed by atoms with van der Waals surface area (Å²) in [6.45, 7) is -0.618. The summed E-state index contributed by atoms with van der Waals surface area (Å²) in [7, 11) is -5.37. The van der Waals surface area contributed by atoms with Gasteiger partial charge in [0.2, 0.25) is 0 Å². The SMILES string of the molecule is N[C@H]1[C@H](O)[C@@H](O)[C@@H](OP(=O)([O-])[O-])O[C@@H]1CO.[Na+].[Na+]. The molecular weight excluding hydrogens is 291 g/mol. The topological polar surface area (TPSA) is 168 Å². The van der Waals surface area contributed by atoms with Crippen molar-refractivity contribution in [1.29, 1.82) is 0 Å². The minimum absolute atomic E-state index is 0. The van der Waals surface area contributed by atoms with E-state index in [-0.39, 0.29) is 59.1 Å². The van der Waals surface area contributed by atoms with Gasteiger partial charge in [0.1, 0.15) is 18.3 Å². The second kappa shape index (κ2) is 9.04. The van der Waals surface area contributed by atoms with E-state index < -0.39 is 45.1 Å². The van der Waals surface area contributed by atoms with Crippen LogP contribution in [0.3, 0.4) is 0 Å². The van der Waals surface area contributed by atoms with Gasteiger partial charge >= 0.3 is 59.1 Å². The van der Waals surface area contributed by atoms with Crippen molar-refractivity contribution < 1.29 is 98.0 Å². The molecule has 96 valence electrons.